The van der Waals surface area contributed by atoms with E-state index in [0.717, 1.165) is 17.5 Å². The molecule has 2 fully saturated rings. The van der Waals surface area contributed by atoms with Crippen LogP contribution in [-0.4, -0.2) is 63.9 Å². The van der Waals surface area contributed by atoms with Crippen molar-refractivity contribution in [2.24, 2.45) is 11.1 Å². The van der Waals surface area contributed by atoms with Crippen LogP contribution in [0.5, 0.6) is 0 Å². The quantitative estimate of drug-likeness (QED) is 0.773. The minimum absolute atomic E-state index is 0.0317. The Hall–Kier alpha value is -2.57. The molecule has 5 unspecified atom stereocenters. The Bertz CT molecular complexity index is 981. The number of benzene rings is 1. The highest BCUT2D eigenvalue weighted by Gasteiger charge is 2.62. The van der Waals surface area contributed by atoms with E-state index in [1.54, 1.807) is 12.3 Å². The topological polar surface area (TPSA) is 76.3 Å². The predicted octanol–water partition coefficient (Wildman–Crippen LogP) is 3.08. The van der Waals surface area contributed by atoms with E-state index in [0.29, 0.717) is 16.7 Å². The van der Waals surface area contributed by atoms with Gasteiger partial charge in [-0.05, 0) is 24.0 Å². The van der Waals surface area contributed by atoms with Crippen molar-refractivity contribution in [3.8, 4) is 11.1 Å². The Morgan fingerprint density at radius 1 is 1.13 bits per heavy atom. The number of pyridine rings is 1. The molecule has 2 aromatic rings. The molecular weight excluding hydrogens is 388 g/mol. The maximum absolute atomic E-state index is 13.3. The van der Waals surface area contributed by atoms with Crippen molar-refractivity contribution in [2.75, 3.05) is 13.6 Å². The van der Waals surface area contributed by atoms with E-state index in [2.05, 4.69) is 4.98 Å². The third-order valence-electron chi connectivity index (χ3n) is 7.25. The Labute approximate surface area is 184 Å². The molecule has 0 spiro atoms. The summed E-state index contributed by atoms with van der Waals surface area (Å²) < 4.78 is 0.314. The van der Waals surface area contributed by atoms with Crippen molar-refractivity contribution in [3.63, 3.8) is 0 Å². The van der Waals surface area contributed by atoms with Gasteiger partial charge in [-0.1, -0.05) is 57.2 Å². The van der Waals surface area contributed by atoms with Gasteiger partial charge in [0.15, 0.2) is 0 Å². The monoisotopic (exact) mass is 421 g/mol. The minimum atomic E-state index is -0.527. The van der Waals surface area contributed by atoms with Crippen LogP contribution in [0.3, 0.4) is 0 Å². The lowest BCUT2D eigenvalue weighted by molar-refractivity contribution is -0.855. The van der Waals surface area contributed by atoms with Crippen LogP contribution in [0.25, 0.3) is 11.1 Å². The van der Waals surface area contributed by atoms with Crippen LogP contribution in [0.2, 0.25) is 0 Å². The molecule has 0 saturated carbocycles. The molecule has 2 amide bonds. The summed E-state index contributed by atoms with van der Waals surface area (Å²) in [7, 11) is 1.99. The third-order valence-corrected chi connectivity index (χ3v) is 7.25. The summed E-state index contributed by atoms with van der Waals surface area (Å²) in [5, 5.41) is 0. The summed E-state index contributed by atoms with van der Waals surface area (Å²) in [6.07, 6.45) is 2.59. The van der Waals surface area contributed by atoms with E-state index < -0.39 is 6.04 Å². The molecule has 2 aliphatic rings. The van der Waals surface area contributed by atoms with Crippen LogP contribution >= 0.6 is 0 Å². The first-order valence-electron chi connectivity index (χ1n) is 11.0. The van der Waals surface area contributed by atoms with Gasteiger partial charge in [-0.3, -0.25) is 14.3 Å². The first-order chi connectivity index (χ1) is 14.5. The zero-order valence-corrected chi connectivity index (χ0v) is 19.1. The molecule has 1 aromatic carbocycles. The van der Waals surface area contributed by atoms with Crippen LogP contribution in [0.15, 0.2) is 48.7 Å². The lowest BCUT2D eigenvalue weighted by atomic mass is 9.85. The summed E-state index contributed by atoms with van der Waals surface area (Å²) in [6.45, 7) is 8.66. The molecule has 2 saturated heterocycles. The highest BCUT2D eigenvalue weighted by atomic mass is 16.2. The largest absolute Gasteiger partial charge is 0.331 e. The van der Waals surface area contributed by atoms with Crippen LogP contribution < -0.4 is 5.73 Å². The van der Waals surface area contributed by atoms with E-state index in [9.17, 15) is 9.59 Å². The number of nitrogens with two attached hydrogens (primary N) is 1. The van der Waals surface area contributed by atoms with Gasteiger partial charge < -0.3 is 10.6 Å². The molecular formula is C25H33N4O2+. The fourth-order valence-corrected chi connectivity index (χ4v) is 5.30. The number of likely N-dealkylation sites (N-methyl/N-ethyl adjacent to an activating group) is 1. The van der Waals surface area contributed by atoms with Crippen molar-refractivity contribution >= 4 is 11.8 Å². The van der Waals surface area contributed by atoms with Gasteiger partial charge in [-0.2, -0.15) is 0 Å². The maximum Gasteiger partial charge on any atom is 0.331 e. The molecule has 164 valence electrons. The normalized spacial score (nSPS) is 28.6. The van der Waals surface area contributed by atoms with Crippen molar-refractivity contribution < 1.29 is 14.1 Å². The van der Waals surface area contributed by atoms with Gasteiger partial charge in [0.2, 0.25) is 0 Å². The molecule has 0 radical (unpaired) electrons. The van der Waals surface area contributed by atoms with E-state index in [4.69, 9.17) is 5.73 Å². The SMILES string of the molecule is CC1C2CC(C[N+]2(C)C(=O)C(N)C(C)(C)C)N1C(=O)c1ccc(-c2ccccc2)cn1. The standard InChI is InChI=1S/C25H33N4O2/c1-16-21-13-19(15-29(21,5)24(31)22(26)25(2,3)4)28(16)23(30)20-12-11-18(14-27-20)17-9-7-6-8-10-17/h6-12,14,16,19,21-22H,13,15,26H2,1-5H3/q+1. The second-order valence-corrected chi connectivity index (χ2v) is 10.3. The number of hydrogen-bond donors (Lipinski definition) is 1. The van der Waals surface area contributed by atoms with Gasteiger partial charge in [0.1, 0.15) is 24.3 Å². The lowest BCUT2D eigenvalue weighted by Gasteiger charge is -2.45. The lowest BCUT2D eigenvalue weighted by Crippen LogP contribution is -2.68. The average Bonchev–Trinajstić information content (AvgIpc) is 3.26. The van der Waals surface area contributed by atoms with Crippen LogP contribution in [0.1, 0.15) is 44.6 Å². The molecule has 5 atom stereocenters. The van der Waals surface area contributed by atoms with Crippen LogP contribution in [0, 0.1) is 5.41 Å². The number of hydrogen-bond acceptors (Lipinski definition) is 4. The highest BCUT2D eigenvalue weighted by Crippen LogP contribution is 2.42. The molecule has 2 N–H and O–H groups in total. The molecule has 3 heterocycles. The van der Waals surface area contributed by atoms with Gasteiger partial charge in [0.25, 0.3) is 5.91 Å². The minimum Gasteiger partial charge on any atom is -0.320 e. The first-order valence-corrected chi connectivity index (χ1v) is 11.0. The molecule has 6 nitrogen and oxygen atoms in total. The van der Waals surface area contributed by atoms with Gasteiger partial charge >= 0.3 is 5.91 Å². The maximum atomic E-state index is 13.3. The molecule has 31 heavy (non-hydrogen) atoms. The fourth-order valence-electron chi connectivity index (χ4n) is 5.30. The van der Waals surface area contributed by atoms with Crippen molar-refractivity contribution in [2.45, 2.75) is 58.3 Å². The van der Waals surface area contributed by atoms with Gasteiger partial charge in [0, 0.05) is 18.2 Å². The average molecular weight is 422 g/mol. The number of likely N-dealkylation sites (tertiary alicyclic amines) is 2. The molecule has 4 rings (SSSR count). The summed E-state index contributed by atoms with van der Waals surface area (Å²) in [4.78, 5) is 33.0. The highest BCUT2D eigenvalue weighted by molar-refractivity contribution is 5.93. The summed E-state index contributed by atoms with van der Waals surface area (Å²) in [5.41, 5.74) is 8.55. The van der Waals surface area contributed by atoms with Crippen molar-refractivity contribution in [1.82, 2.24) is 9.88 Å². The van der Waals surface area contributed by atoms with Crippen molar-refractivity contribution in [1.29, 1.82) is 0 Å². The molecule has 2 aliphatic heterocycles. The van der Waals surface area contributed by atoms with Crippen molar-refractivity contribution in [3.05, 3.63) is 54.4 Å². The number of carbonyl (C=O) groups is 2. The fraction of sp³-hybridized carbons (Fsp3) is 0.480. The predicted molar refractivity (Wildman–Crippen MR) is 121 cm³/mol. The zero-order valence-electron chi connectivity index (χ0n) is 19.1. The smallest absolute Gasteiger partial charge is 0.320 e. The molecule has 1 aromatic heterocycles. The molecule has 2 bridgehead atoms. The van der Waals surface area contributed by atoms with Crippen LogP contribution in [-0.2, 0) is 4.79 Å². The molecule has 0 aliphatic carbocycles. The number of nitrogens with zero attached hydrogens (tertiary/aromatic N) is 3. The van der Waals surface area contributed by atoms with Gasteiger partial charge in [0.05, 0.1) is 19.1 Å². The van der Waals surface area contributed by atoms with E-state index in [1.165, 1.54) is 0 Å². The van der Waals surface area contributed by atoms with E-state index in [-0.39, 0.29) is 35.4 Å². The summed E-state index contributed by atoms with van der Waals surface area (Å²) >= 11 is 0. The second kappa shape index (κ2) is 7.53. The number of quaternary nitrogens is 1. The van der Waals surface area contributed by atoms with Gasteiger partial charge in [-0.25, -0.2) is 4.79 Å². The van der Waals surface area contributed by atoms with Gasteiger partial charge in [-0.15, -0.1) is 0 Å². The van der Waals surface area contributed by atoms with E-state index in [1.807, 2.05) is 76.0 Å². The second-order valence-electron chi connectivity index (χ2n) is 10.3. The summed E-state index contributed by atoms with van der Waals surface area (Å²) in [6, 6.07) is 13.3. The summed E-state index contributed by atoms with van der Waals surface area (Å²) in [5.74, 6) is 0.0164. The zero-order chi connectivity index (χ0) is 22.6. The number of rotatable bonds is 3. The Morgan fingerprint density at radius 3 is 2.35 bits per heavy atom. The number of aromatic nitrogens is 1. The Kier molecular flexibility index (Phi) is 5.26. The van der Waals surface area contributed by atoms with Crippen LogP contribution in [0.4, 0.5) is 0 Å². The first kappa shape index (κ1) is 21.7. The number of fused-ring (bicyclic) bond motifs is 2. The third kappa shape index (κ3) is 3.58. The Balaban J connectivity index is 1.52. The number of carbonyl (C=O) groups excluding carboxylic acids is 2. The van der Waals surface area contributed by atoms with E-state index >= 15 is 0 Å². The number of amides is 2. The molecule has 6 heteroatoms. The number of piperazine rings is 1. The Morgan fingerprint density at radius 2 is 1.81 bits per heavy atom.